The maximum Gasteiger partial charge on any atom is 0.273 e. The molecule has 2 fully saturated rings. The molecule has 2 aromatic heterocycles. The van der Waals surface area contributed by atoms with Gasteiger partial charge in [0.1, 0.15) is 23.3 Å². The van der Waals surface area contributed by atoms with E-state index in [1.165, 1.54) is 22.2 Å². The highest BCUT2D eigenvalue weighted by Gasteiger charge is 2.30. The number of piperidine rings is 1. The van der Waals surface area contributed by atoms with Crippen LogP contribution in [0.4, 0.5) is 10.8 Å². The molecular weight excluding hydrogens is 456 g/mol. The minimum atomic E-state index is -0.329. The Morgan fingerprint density at radius 1 is 1.15 bits per heavy atom. The number of carbonyl (C=O) groups is 2. The summed E-state index contributed by atoms with van der Waals surface area (Å²) < 4.78 is 6.82. The molecule has 1 aromatic carbocycles. The van der Waals surface area contributed by atoms with Gasteiger partial charge in [0.05, 0.1) is 7.11 Å². The highest BCUT2D eigenvalue weighted by atomic mass is 32.1. The summed E-state index contributed by atoms with van der Waals surface area (Å²) in [4.78, 5) is 48.7. The number of benzene rings is 1. The third kappa shape index (κ3) is 4.89. The molecule has 2 N–H and O–H groups in total. The van der Waals surface area contributed by atoms with Gasteiger partial charge < -0.3 is 20.3 Å². The Balaban J connectivity index is 1.23. The summed E-state index contributed by atoms with van der Waals surface area (Å²) in [6.45, 7) is 1.27. The number of aromatic nitrogens is 3. The van der Waals surface area contributed by atoms with E-state index in [1.807, 2.05) is 0 Å². The van der Waals surface area contributed by atoms with Gasteiger partial charge in [-0.15, -0.1) is 0 Å². The Labute approximate surface area is 200 Å². The molecule has 2 amide bonds. The molecule has 0 unspecified atom stereocenters. The highest BCUT2D eigenvalue weighted by molar-refractivity contribution is 7.22. The molecule has 0 bridgehead atoms. The largest absolute Gasteiger partial charge is 0.497 e. The third-order valence-corrected chi connectivity index (χ3v) is 7.21. The van der Waals surface area contributed by atoms with Crippen LogP contribution in [-0.2, 0) is 16.1 Å². The van der Waals surface area contributed by atoms with E-state index in [9.17, 15) is 14.4 Å². The van der Waals surface area contributed by atoms with Gasteiger partial charge in [-0.2, -0.15) is 4.98 Å². The normalized spacial score (nSPS) is 16.4. The lowest BCUT2D eigenvalue weighted by Gasteiger charge is -2.30. The minimum absolute atomic E-state index is 0.0331. The fourth-order valence-electron chi connectivity index (χ4n) is 3.99. The summed E-state index contributed by atoms with van der Waals surface area (Å²) in [5, 5.41) is 6.58. The van der Waals surface area contributed by atoms with E-state index in [-0.39, 0.29) is 29.8 Å². The summed E-state index contributed by atoms with van der Waals surface area (Å²) in [6.07, 6.45) is 5.06. The lowest BCUT2D eigenvalue weighted by molar-refractivity contribution is -0.125. The number of fused-ring (bicyclic) bond motifs is 1. The van der Waals surface area contributed by atoms with E-state index in [2.05, 4.69) is 25.5 Å². The van der Waals surface area contributed by atoms with E-state index in [0.29, 0.717) is 40.9 Å². The van der Waals surface area contributed by atoms with Crippen LogP contribution in [-0.4, -0.2) is 52.6 Å². The van der Waals surface area contributed by atoms with Crippen LogP contribution in [0.25, 0.3) is 10.3 Å². The predicted molar refractivity (Wildman–Crippen MR) is 129 cm³/mol. The average molecular weight is 483 g/mol. The summed E-state index contributed by atoms with van der Waals surface area (Å²) in [5.41, 5.74) is 0.699. The van der Waals surface area contributed by atoms with E-state index in [1.54, 1.807) is 31.4 Å². The van der Waals surface area contributed by atoms with Gasteiger partial charge in [-0.05, 0) is 49.9 Å². The number of carbonyl (C=O) groups excluding carboxylic acids is 2. The molecule has 178 valence electrons. The van der Waals surface area contributed by atoms with Crippen molar-refractivity contribution in [3.05, 3.63) is 40.9 Å². The van der Waals surface area contributed by atoms with Gasteiger partial charge in [-0.3, -0.25) is 19.0 Å². The van der Waals surface area contributed by atoms with Crippen LogP contribution in [0.2, 0.25) is 0 Å². The fourth-order valence-corrected chi connectivity index (χ4v) is 5.01. The van der Waals surface area contributed by atoms with Crippen molar-refractivity contribution in [3.8, 4) is 5.75 Å². The van der Waals surface area contributed by atoms with Crippen molar-refractivity contribution in [3.63, 3.8) is 0 Å². The zero-order valence-electron chi connectivity index (χ0n) is 18.8. The van der Waals surface area contributed by atoms with Gasteiger partial charge in [0, 0.05) is 30.7 Å². The van der Waals surface area contributed by atoms with E-state index in [4.69, 9.17) is 4.74 Å². The maximum atomic E-state index is 13.0. The molecule has 2 aliphatic rings. The van der Waals surface area contributed by atoms with Gasteiger partial charge >= 0.3 is 0 Å². The number of anilines is 2. The second-order valence-electron chi connectivity index (χ2n) is 8.65. The molecule has 0 atom stereocenters. The maximum absolute atomic E-state index is 13.0. The number of thiazole rings is 1. The molecule has 3 heterocycles. The Kier molecular flexibility index (Phi) is 6.18. The van der Waals surface area contributed by atoms with Crippen LogP contribution in [0, 0.1) is 5.92 Å². The SMILES string of the molecule is COc1ccc(NC(=O)Cn2cnc3nc(N4CCC(C(=O)NC5CC5)CC4)sc3c2=O)cc1. The zero-order valence-corrected chi connectivity index (χ0v) is 19.6. The second kappa shape index (κ2) is 9.41. The smallest absolute Gasteiger partial charge is 0.273 e. The first-order valence-electron chi connectivity index (χ1n) is 11.4. The van der Waals surface area contributed by atoms with Crippen molar-refractivity contribution in [1.82, 2.24) is 19.9 Å². The third-order valence-electron chi connectivity index (χ3n) is 6.12. The number of nitrogens with one attached hydrogen (secondary N) is 2. The Hall–Kier alpha value is -3.47. The number of rotatable bonds is 7. The highest BCUT2D eigenvalue weighted by Crippen LogP contribution is 2.30. The van der Waals surface area contributed by atoms with Crippen LogP contribution >= 0.6 is 11.3 Å². The fraction of sp³-hybridized carbons (Fsp3) is 0.435. The lowest BCUT2D eigenvalue weighted by Crippen LogP contribution is -2.41. The quantitative estimate of drug-likeness (QED) is 0.529. The molecule has 1 aliphatic carbocycles. The topological polar surface area (TPSA) is 118 Å². The summed E-state index contributed by atoms with van der Waals surface area (Å²) in [6, 6.07) is 7.33. The van der Waals surface area contributed by atoms with Crippen molar-refractivity contribution in [1.29, 1.82) is 0 Å². The summed E-state index contributed by atoms with van der Waals surface area (Å²) >= 11 is 1.28. The molecule has 34 heavy (non-hydrogen) atoms. The number of methoxy groups -OCH3 is 1. The van der Waals surface area contributed by atoms with E-state index in [0.717, 1.165) is 30.8 Å². The predicted octanol–water partition coefficient (Wildman–Crippen LogP) is 2.00. The summed E-state index contributed by atoms with van der Waals surface area (Å²) in [7, 11) is 1.57. The molecular formula is C23H26N6O4S. The van der Waals surface area contributed by atoms with Gasteiger partial charge in [-0.1, -0.05) is 11.3 Å². The monoisotopic (exact) mass is 482 g/mol. The van der Waals surface area contributed by atoms with Crippen molar-refractivity contribution in [2.75, 3.05) is 30.4 Å². The Bertz CT molecular complexity index is 1260. The van der Waals surface area contributed by atoms with E-state index < -0.39 is 0 Å². The molecule has 1 saturated carbocycles. The molecule has 1 saturated heterocycles. The first-order chi connectivity index (χ1) is 16.5. The van der Waals surface area contributed by atoms with Crippen molar-refractivity contribution in [2.24, 2.45) is 5.92 Å². The van der Waals surface area contributed by atoms with Gasteiger partial charge in [0.2, 0.25) is 11.8 Å². The molecule has 11 heteroatoms. The number of amides is 2. The second-order valence-corrected chi connectivity index (χ2v) is 9.63. The standard InChI is InChI=1S/C23H26N6O4S/c1-33-17-6-4-15(5-7-17)25-18(30)12-29-13-24-20-19(22(29)32)34-23(27-20)28-10-8-14(9-11-28)21(31)26-16-2-3-16/h4-7,13-14,16H,2-3,8-12H2,1H3,(H,25,30)(H,26,31). The number of nitrogens with zero attached hydrogens (tertiary/aromatic N) is 4. The molecule has 1 aliphatic heterocycles. The van der Waals surface area contributed by atoms with Gasteiger partial charge in [0.15, 0.2) is 10.8 Å². The van der Waals surface area contributed by atoms with Crippen LogP contribution in [0.15, 0.2) is 35.4 Å². The Morgan fingerprint density at radius 3 is 2.56 bits per heavy atom. The summed E-state index contributed by atoms with van der Waals surface area (Å²) in [5.74, 6) is 0.551. The first-order valence-corrected chi connectivity index (χ1v) is 12.2. The van der Waals surface area contributed by atoms with Crippen LogP contribution in [0.3, 0.4) is 0 Å². The van der Waals surface area contributed by atoms with Crippen molar-refractivity contribution in [2.45, 2.75) is 38.3 Å². The Morgan fingerprint density at radius 2 is 1.88 bits per heavy atom. The molecule has 10 nitrogen and oxygen atoms in total. The number of ether oxygens (including phenoxy) is 1. The van der Waals surface area contributed by atoms with Gasteiger partial charge in [0.25, 0.3) is 5.56 Å². The van der Waals surface area contributed by atoms with Crippen LogP contribution in [0.1, 0.15) is 25.7 Å². The van der Waals surface area contributed by atoms with Gasteiger partial charge in [-0.25, -0.2) is 4.98 Å². The first kappa shape index (κ1) is 22.3. The molecule has 5 rings (SSSR count). The van der Waals surface area contributed by atoms with Crippen molar-refractivity contribution < 1.29 is 14.3 Å². The minimum Gasteiger partial charge on any atom is -0.497 e. The van der Waals surface area contributed by atoms with E-state index >= 15 is 0 Å². The van der Waals surface area contributed by atoms with Crippen molar-refractivity contribution >= 4 is 44.3 Å². The zero-order chi connectivity index (χ0) is 23.7. The number of hydrogen-bond donors (Lipinski definition) is 2. The van der Waals surface area contributed by atoms with Crippen LogP contribution in [0.5, 0.6) is 5.75 Å². The van der Waals surface area contributed by atoms with Crippen LogP contribution < -0.4 is 25.8 Å². The lowest BCUT2D eigenvalue weighted by atomic mass is 9.96. The molecule has 3 aromatic rings. The average Bonchev–Trinajstić information content (AvgIpc) is 3.55. The molecule has 0 radical (unpaired) electrons. The number of hydrogen-bond acceptors (Lipinski definition) is 8. The molecule has 0 spiro atoms.